The highest BCUT2D eigenvalue weighted by atomic mass is 19.1. The van der Waals surface area contributed by atoms with Gasteiger partial charge in [0, 0.05) is 7.05 Å². The van der Waals surface area contributed by atoms with E-state index < -0.39 is 5.83 Å². The van der Waals surface area contributed by atoms with Gasteiger partial charge >= 0.3 is 0 Å². The van der Waals surface area contributed by atoms with Crippen molar-refractivity contribution in [2.75, 3.05) is 7.05 Å². The van der Waals surface area contributed by atoms with Crippen LogP contribution in [0.5, 0.6) is 0 Å². The summed E-state index contributed by atoms with van der Waals surface area (Å²) in [5.74, 6) is -0.207. The molecule has 0 heterocycles. The van der Waals surface area contributed by atoms with Crippen LogP contribution in [0.3, 0.4) is 0 Å². The fourth-order valence-corrected chi connectivity index (χ4v) is 0.338. The summed E-state index contributed by atoms with van der Waals surface area (Å²) in [5, 5.41) is 0. The predicted molar refractivity (Wildman–Crippen MR) is 42.3 cm³/mol. The van der Waals surface area contributed by atoms with E-state index in [9.17, 15) is 4.39 Å². The lowest BCUT2D eigenvalue weighted by Gasteiger charge is -1.86. The van der Waals surface area contributed by atoms with E-state index >= 15 is 0 Å². The highest BCUT2D eigenvalue weighted by molar-refractivity contribution is 5.99. The molecule has 10 heavy (non-hydrogen) atoms. The van der Waals surface area contributed by atoms with Gasteiger partial charge in [-0.25, -0.2) is 9.38 Å². The van der Waals surface area contributed by atoms with Gasteiger partial charge in [-0.1, -0.05) is 13.2 Å². The number of rotatable bonds is 2. The van der Waals surface area contributed by atoms with Crippen LogP contribution in [-0.2, 0) is 0 Å². The summed E-state index contributed by atoms with van der Waals surface area (Å²) in [7, 11) is 1.55. The SMILES string of the molecule is C=CC(/N=C\C(=C)F)=N/C. The van der Waals surface area contributed by atoms with Crippen molar-refractivity contribution in [1.82, 2.24) is 0 Å². The average molecular weight is 140 g/mol. The lowest BCUT2D eigenvalue weighted by atomic mass is 10.5. The molecule has 0 rings (SSSR count). The van der Waals surface area contributed by atoms with Crippen LogP contribution in [0.1, 0.15) is 0 Å². The summed E-state index contributed by atoms with van der Waals surface area (Å²) in [6.07, 6.45) is 2.42. The summed E-state index contributed by atoms with van der Waals surface area (Å²) in [6, 6.07) is 0. The van der Waals surface area contributed by atoms with Crippen LogP contribution < -0.4 is 0 Å². The summed E-state index contributed by atoms with van der Waals surface area (Å²) in [6.45, 7) is 6.40. The van der Waals surface area contributed by atoms with Crippen LogP contribution >= 0.6 is 0 Å². The Balaban J connectivity index is 4.11. The van der Waals surface area contributed by atoms with Gasteiger partial charge in [-0.3, -0.25) is 4.99 Å². The van der Waals surface area contributed by atoms with Gasteiger partial charge in [0.2, 0.25) is 0 Å². The highest BCUT2D eigenvalue weighted by Crippen LogP contribution is 1.86. The standard InChI is InChI=1S/C7H9FN2/c1-4-7(9-3)10-5-6(2)8/h4-5H,1-2H2,3H3/b9-7-,10-5-. The lowest BCUT2D eigenvalue weighted by Crippen LogP contribution is -1.87. The Kier molecular flexibility index (Phi) is 4.04. The molecule has 0 aromatic rings. The fraction of sp³-hybridized carbons (Fsp3) is 0.143. The molecule has 0 amide bonds. The maximum Gasteiger partial charge on any atom is 0.146 e. The third kappa shape index (κ3) is 3.72. The number of hydrogen-bond acceptors (Lipinski definition) is 1. The first-order valence-corrected chi connectivity index (χ1v) is 2.68. The molecule has 0 bridgehead atoms. The van der Waals surface area contributed by atoms with Crippen molar-refractivity contribution >= 4 is 12.1 Å². The molecule has 0 aromatic heterocycles. The van der Waals surface area contributed by atoms with Gasteiger partial charge < -0.3 is 0 Å². The van der Waals surface area contributed by atoms with E-state index in [2.05, 4.69) is 23.1 Å². The van der Waals surface area contributed by atoms with Gasteiger partial charge in [-0.05, 0) is 6.08 Å². The van der Waals surface area contributed by atoms with Crippen molar-refractivity contribution in [2.45, 2.75) is 0 Å². The average Bonchev–Trinajstić information content (AvgIpc) is 1.90. The van der Waals surface area contributed by atoms with Crippen LogP contribution in [0.15, 0.2) is 35.0 Å². The van der Waals surface area contributed by atoms with E-state index in [0.29, 0.717) is 5.84 Å². The molecule has 0 aromatic carbocycles. The molecule has 0 fully saturated rings. The maximum atomic E-state index is 11.9. The second-order valence-electron chi connectivity index (χ2n) is 1.49. The largest absolute Gasteiger partial charge is 0.270 e. The molecule has 3 heteroatoms. The molecule has 0 radical (unpaired) electrons. The predicted octanol–water partition coefficient (Wildman–Crippen LogP) is 1.75. The van der Waals surface area contributed by atoms with Crippen molar-refractivity contribution in [2.24, 2.45) is 9.98 Å². The molecule has 0 saturated heterocycles. The topological polar surface area (TPSA) is 24.7 Å². The maximum absolute atomic E-state index is 11.9. The van der Waals surface area contributed by atoms with Gasteiger partial charge in [-0.15, -0.1) is 0 Å². The van der Waals surface area contributed by atoms with Gasteiger partial charge in [0.1, 0.15) is 11.7 Å². The smallest absolute Gasteiger partial charge is 0.146 e. The molecule has 0 atom stereocenters. The second kappa shape index (κ2) is 4.61. The number of nitrogens with zero attached hydrogens (tertiary/aromatic N) is 2. The zero-order chi connectivity index (χ0) is 7.98. The van der Waals surface area contributed by atoms with Crippen molar-refractivity contribution in [3.05, 3.63) is 25.1 Å². The molecular weight excluding hydrogens is 131 g/mol. The zero-order valence-electron chi connectivity index (χ0n) is 5.84. The summed E-state index contributed by atoms with van der Waals surface area (Å²) in [5.41, 5.74) is 0. The number of halogens is 1. The molecule has 0 spiro atoms. The first-order chi connectivity index (χ1) is 4.70. The lowest BCUT2D eigenvalue weighted by molar-refractivity contribution is 0.691. The van der Waals surface area contributed by atoms with Crippen molar-refractivity contribution in [3.63, 3.8) is 0 Å². The summed E-state index contributed by atoms with van der Waals surface area (Å²) >= 11 is 0. The van der Waals surface area contributed by atoms with Crippen molar-refractivity contribution in [3.8, 4) is 0 Å². The highest BCUT2D eigenvalue weighted by Gasteiger charge is 1.84. The molecule has 2 nitrogen and oxygen atoms in total. The second-order valence-corrected chi connectivity index (χ2v) is 1.49. The van der Waals surface area contributed by atoms with Crippen LogP contribution in [-0.4, -0.2) is 19.1 Å². The number of aliphatic imine (C=N–C) groups is 2. The Hall–Kier alpha value is -1.25. The molecule has 0 N–H and O–H groups in total. The van der Waals surface area contributed by atoms with Crippen molar-refractivity contribution in [1.29, 1.82) is 0 Å². The quantitative estimate of drug-likeness (QED) is 0.412. The van der Waals surface area contributed by atoms with E-state index in [4.69, 9.17) is 0 Å². The molecule has 0 aliphatic heterocycles. The monoisotopic (exact) mass is 140 g/mol. The minimum atomic E-state index is -0.594. The molecular formula is C7H9FN2. The van der Waals surface area contributed by atoms with Gasteiger partial charge in [-0.2, -0.15) is 0 Å². The first kappa shape index (κ1) is 8.75. The normalized spacial score (nSPS) is 12.0. The van der Waals surface area contributed by atoms with Gasteiger partial charge in [0.15, 0.2) is 0 Å². The first-order valence-electron chi connectivity index (χ1n) is 2.68. The van der Waals surface area contributed by atoms with E-state index in [1.807, 2.05) is 0 Å². The Morgan fingerprint density at radius 3 is 2.50 bits per heavy atom. The van der Waals surface area contributed by atoms with Crippen LogP contribution in [0.2, 0.25) is 0 Å². The Bertz CT molecular complexity index is 192. The molecule has 0 unspecified atom stereocenters. The van der Waals surface area contributed by atoms with E-state index in [-0.39, 0.29) is 0 Å². The summed E-state index contributed by atoms with van der Waals surface area (Å²) < 4.78 is 11.9. The molecule has 0 aliphatic carbocycles. The third-order valence-corrected chi connectivity index (χ3v) is 0.749. The Morgan fingerprint density at radius 2 is 2.20 bits per heavy atom. The van der Waals surface area contributed by atoms with Crippen LogP contribution in [0, 0.1) is 0 Å². The minimum Gasteiger partial charge on any atom is -0.270 e. The Labute approximate surface area is 59.5 Å². The molecule has 0 aliphatic rings. The van der Waals surface area contributed by atoms with E-state index in [1.165, 1.54) is 6.08 Å². The van der Waals surface area contributed by atoms with Crippen LogP contribution in [0.25, 0.3) is 0 Å². The Morgan fingerprint density at radius 1 is 1.60 bits per heavy atom. The van der Waals surface area contributed by atoms with E-state index in [1.54, 1.807) is 7.05 Å². The molecule has 0 saturated carbocycles. The van der Waals surface area contributed by atoms with E-state index in [0.717, 1.165) is 6.21 Å². The van der Waals surface area contributed by atoms with Gasteiger partial charge in [0.25, 0.3) is 0 Å². The number of amidine groups is 1. The number of hydrogen-bond donors (Lipinski definition) is 0. The third-order valence-electron chi connectivity index (χ3n) is 0.749. The fourth-order valence-electron chi connectivity index (χ4n) is 0.338. The van der Waals surface area contributed by atoms with Crippen molar-refractivity contribution < 1.29 is 4.39 Å². The molecule has 54 valence electrons. The number of allylic oxidation sites excluding steroid dienone is 1. The van der Waals surface area contributed by atoms with Crippen LogP contribution in [0.4, 0.5) is 4.39 Å². The minimum absolute atomic E-state index is 0.388. The van der Waals surface area contributed by atoms with Gasteiger partial charge in [0.05, 0.1) is 6.21 Å². The summed E-state index contributed by atoms with van der Waals surface area (Å²) in [4.78, 5) is 7.26. The zero-order valence-corrected chi connectivity index (χ0v) is 5.84.